The average Bonchev–Trinajstić information content (AvgIpc) is 2.77. The fourth-order valence-electron chi connectivity index (χ4n) is 5.25. The Bertz CT molecular complexity index is 937. The van der Waals surface area contributed by atoms with Gasteiger partial charge in [-0.1, -0.05) is 72.8 Å². The molecule has 0 aliphatic heterocycles. The van der Waals surface area contributed by atoms with E-state index in [9.17, 15) is 9.59 Å². The predicted molar refractivity (Wildman–Crippen MR) is 103 cm³/mol. The van der Waals surface area contributed by atoms with Crippen LogP contribution >= 0.6 is 0 Å². The van der Waals surface area contributed by atoms with E-state index in [1.54, 1.807) is 0 Å². The molecule has 4 heteroatoms. The Labute approximate surface area is 162 Å². The van der Waals surface area contributed by atoms with E-state index in [1.807, 2.05) is 72.8 Å². The molecule has 3 aliphatic carbocycles. The van der Waals surface area contributed by atoms with Gasteiger partial charge >= 0.3 is 11.9 Å². The smallest absolute Gasteiger partial charge is 0.325 e. The van der Waals surface area contributed by atoms with E-state index in [0.717, 1.165) is 33.4 Å². The van der Waals surface area contributed by atoms with E-state index in [2.05, 4.69) is 0 Å². The summed E-state index contributed by atoms with van der Waals surface area (Å²) in [6.45, 7) is 0. The number of ether oxygens (including phenoxy) is 2. The normalized spacial score (nSPS) is 23.2. The summed E-state index contributed by atoms with van der Waals surface area (Å²) < 4.78 is 10.7. The monoisotopic (exact) mass is 370 g/mol. The molecule has 0 spiro atoms. The molecule has 0 aromatic heterocycles. The van der Waals surface area contributed by atoms with Gasteiger partial charge < -0.3 is 9.47 Å². The van der Waals surface area contributed by atoms with E-state index in [4.69, 9.17) is 9.47 Å². The zero-order chi connectivity index (χ0) is 19.5. The maximum absolute atomic E-state index is 13.4. The summed E-state index contributed by atoms with van der Waals surface area (Å²) in [5.74, 6) is -0.726. The van der Waals surface area contributed by atoms with E-state index in [-0.39, 0.29) is 11.9 Å². The minimum Gasteiger partial charge on any atom is -0.468 e. The third-order valence-corrected chi connectivity index (χ3v) is 6.19. The summed E-state index contributed by atoms with van der Waals surface area (Å²) in [6, 6.07) is 22.8. The summed E-state index contributed by atoms with van der Waals surface area (Å²) in [5.41, 5.74) is 2.38. The number of esters is 2. The van der Waals surface area contributed by atoms with E-state index in [0.29, 0.717) is 0 Å². The number of carbonyl (C=O) groups is 2. The molecule has 0 unspecified atom stereocenters. The molecule has 138 valence electrons. The molecule has 0 radical (unpaired) electrons. The highest BCUT2D eigenvalue weighted by Gasteiger charge is 2.65. The van der Waals surface area contributed by atoms with Gasteiger partial charge in [0.15, 0.2) is 0 Å². The van der Waals surface area contributed by atoms with Crippen molar-refractivity contribution in [1.29, 1.82) is 0 Å². The van der Waals surface area contributed by atoms with Gasteiger partial charge in [0.1, 0.15) is 10.8 Å². The second-order valence-corrected chi connectivity index (χ2v) is 7.12. The SMILES string of the molecule is COC(=O)C12c3ccccc3C(C(=O)OC)(c3ccccc31)c1ccccc12. The van der Waals surface area contributed by atoms with Crippen LogP contribution in [0.25, 0.3) is 0 Å². The lowest BCUT2D eigenvalue weighted by molar-refractivity contribution is -0.148. The Morgan fingerprint density at radius 2 is 0.750 bits per heavy atom. The quantitative estimate of drug-likeness (QED) is 0.650. The second kappa shape index (κ2) is 5.55. The Morgan fingerprint density at radius 1 is 0.536 bits per heavy atom. The minimum atomic E-state index is -1.12. The summed E-state index contributed by atoms with van der Waals surface area (Å²) >= 11 is 0. The fourth-order valence-corrected chi connectivity index (χ4v) is 5.25. The standard InChI is InChI=1S/C24H18O4/c1-27-21(25)23-15-9-3-6-12-18(15)24(22(26)28-2,19-13-7-4-10-16(19)23)20-14-8-5-11-17(20)23/h3-14H,1-2H3. The van der Waals surface area contributed by atoms with Gasteiger partial charge in [0.2, 0.25) is 0 Å². The first-order valence-corrected chi connectivity index (χ1v) is 9.12. The van der Waals surface area contributed by atoms with Gasteiger partial charge in [-0.25, -0.2) is 0 Å². The van der Waals surface area contributed by atoms with Crippen LogP contribution in [0.5, 0.6) is 0 Å². The molecule has 3 aromatic carbocycles. The van der Waals surface area contributed by atoms with Crippen LogP contribution < -0.4 is 0 Å². The first-order chi connectivity index (χ1) is 13.6. The third-order valence-electron chi connectivity index (χ3n) is 6.19. The van der Waals surface area contributed by atoms with E-state index >= 15 is 0 Å². The topological polar surface area (TPSA) is 52.6 Å². The molecule has 4 nitrogen and oxygen atoms in total. The molecule has 3 aliphatic rings. The molecule has 2 bridgehead atoms. The summed E-state index contributed by atoms with van der Waals surface area (Å²) in [4.78, 5) is 26.9. The van der Waals surface area contributed by atoms with Gasteiger partial charge in [-0.2, -0.15) is 0 Å². The van der Waals surface area contributed by atoms with Gasteiger partial charge in [0.05, 0.1) is 14.2 Å². The number of methoxy groups -OCH3 is 2. The molecule has 0 amide bonds. The molecule has 0 saturated heterocycles. The van der Waals surface area contributed by atoms with Gasteiger partial charge in [-0.05, 0) is 33.4 Å². The van der Waals surface area contributed by atoms with Crippen molar-refractivity contribution in [3.05, 3.63) is 106 Å². The van der Waals surface area contributed by atoms with Crippen LogP contribution in [-0.4, -0.2) is 26.2 Å². The van der Waals surface area contributed by atoms with Gasteiger partial charge in [0, 0.05) is 0 Å². The van der Waals surface area contributed by atoms with E-state index < -0.39 is 10.8 Å². The number of benzene rings is 3. The number of carbonyl (C=O) groups excluding carboxylic acids is 2. The van der Waals surface area contributed by atoms with Crippen LogP contribution in [0.4, 0.5) is 0 Å². The van der Waals surface area contributed by atoms with Crippen molar-refractivity contribution >= 4 is 11.9 Å². The average molecular weight is 370 g/mol. The first-order valence-electron chi connectivity index (χ1n) is 9.12. The third kappa shape index (κ3) is 1.58. The van der Waals surface area contributed by atoms with Crippen molar-refractivity contribution in [2.75, 3.05) is 14.2 Å². The lowest BCUT2D eigenvalue weighted by atomic mass is 9.47. The van der Waals surface area contributed by atoms with Crippen LogP contribution in [0, 0.1) is 0 Å². The molecule has 0 heterocycles. The molecule has 6 rings (SSSR count). The van der Waals surface area contributed by atoms with Crippen LogP contribution in [0.3, 0.4) is 0 Å². The predicted octanol–water partition coefficient (Wildman–Crippen LogP) is 3.33. The van der Waals surface area contributed by atoms with Crippen LogP contribution in [-0.2, 0) is 29.9 Å². The number of hydrogen-bond acceptors (Lipinski definition) is 4. The Hall–Kier alpha value is -3.40. The first kappa shape index (κ1) is 16.8. The molecular weight excluding hydrogens is 352 g/mol. The highest BCUT2D eigenvalue weighted by molar-refractivity contribution is 6.05. The summed E-state index contributed by atoms with van der Waals surface area (Å²) in [6.07, 6.45) is 0. The summed E-state index contributed by atoms with van der Waals surface area (Å²) in [5, 5.41) is 0. The van der Waals surface area contributed by atoms with Gasteiger partial charge in [-0.15, -0.1) is 0 Å². The highest BCUT2D eigenvalue weighted by Crippen LogP contribution is 2.62. The van der Waals surface area contributed by atoms with Crippen molar-refractivity contribution in [2.45, 2.75) is 10.8 Å². The number of hydrogen-bond donors (Lipinski definition) is 0. The molecule has 0 N–H and O–H groups in total. The molecule has 3 aromatic rings. The van der Waals surface area contributed by atoms with Crippen molar-refractivity contribution in [1.82, 2.24) is 0 Å². The molecule has 0 fully saturated rings. The Morgan fingerprint density at radius 3 is 0.929 bits per heavy atom. The van der Waals surface area contributed by atoms with Crippen molar-refractivity contribution in [3.63, 3.8) is 0 Å². The molecule has 28 heavy (non-hydrogen) atoms. The summed E-state index contributed by atoms with van der Waals surface area (Å²) in [7, 11) is 2.81. The maximum atomic E-state index is 13.4. The Balaban J connectivity index is 2.09. The lowest BCUT2D eigenvalue weighted by Gasteiger charge is -2.53. The second-order valence-electron chi connectivity index (χ2n) is 7.12. The van der Waals surface area contributed by atoms with Crippen LogP contribution in [0.1, 0.15) is 33.4 Å². The minimum absolute atomic E-state index is 0.363. The van der Waals surface area contributed by atoms with Crippen LogP contribution in [0.15, 0.2) is 72.8 Å². The largest absolute Gasteiger partial charge is 0.468 e. The molecular formula is C24H18O4. The van der Waals surface area contributed by atoms with Gasteiger partial charge in [-0.3, -0.25) is 9.59 Å². The lowest BCUT2D eigenvalue weighted by Crippen LogP contribution is -2.57. The Kier molecular flexibility index (Phi) is 3.32. The zero-order valence-electron chi connectivity index (χ0n) is 15.6. The van der Waals surface area contributed by atoms with Crippen molar-refractivity contribution < 1.29 is 19.1 Å². The highest BCUT2D eigenvalue weighted by atomic mass is 16.5. The number of rotatable bonds is 2. The van der Waals surface area contributed by atoms with E-state index in [1.165, 1.54) is 14.2 Å². The molecule has 0 saturated carbocycles. The van der Waals surface area contributed by atoms with Crippen LogP contribution in [0.2, 0.25) is 0 Å². The molecule has 0 atom stereocenters. The zero-order valence-corrected chi connectivity index (χ0v) is 15.6. The van der Waals surface area contributed by atoms with Crippen molar-refractivity contribution in [3.8, 4) is 0 Å². The fraction of sp³-hybridized carbons (Fsp3) is 0.167. The maximum Gasteiger partial charge on any atom is 0.325 e. The van der Waals surface area contributed by atoms with Crippen molar-refractivity contribution in [2.24, 2.45) is 0 Å². The van der Waals surface area contributed by atoms with Gasteiger partial charge in [0.25, 0.3) is 0 Å².